The van der Waals surface area contributed by atoms with Crippen LogP contribution < -0.4 is 9.47 Å². The highest BCUT2D eigenvalue weighted by molar-refractivity contribution is 6.31. The lowest BCUT2D eigenvalue weighted by atomic mass is 9.87. The third kappa shape index (κ3) is 5.54. The standard InChI is InChI=1S/C30H33ClN4O3/c1-4-23(36)10-13-34-12-9-22-16-27(37-3)28(17-25(22)30(34)24-7-5-20(2)15-26(24)31)38-14-11-21-6-8-29-32-19-33-35(29)18-21/h5-8,15-19,30H,4,9-14H2,1-3H3. The van der Waals surface area contributed by atoms with Gasteiger partial charge in [-0.25, -0.2) is 9.50 Å². The molecular formula is C30H33ClN4O3. The van der Waals surface area contributed by atoms with Gasteiger partial charge in [-0.1, -0.05) is 36.7 Å². The number of methoxy groups -OCH3 is 1. The number of halogens is 1. The Labute approximate surface area is 228 Å². The van der Waals surface area contributed by atoms with E-state index in [1.807, 2.05) is 38.2 Å². The monoisotopic (exact) mass is 532 g/mol. The molecular weight excluding hydrogens is 500 g/mol. The van der Waals surface area contributed by atoms with E-state index in [1.54, 1.807) is 18.0 Å². The van der Waals surface area contributed by atoms with Gasteiger partial charge in [0.05, 0.1) is 19.8 Å². The summed E-state index contributed by atoms with van der Waals surface area (Å²) in [6.45, 7) is 5.97. The molecule has 198 valence electrons. The summed E-state index contributed by atoms with van der Waals surface area (Å²) < 4.78 is 13.8. The first-order chi connectivity index (χ1) is 18.5. The molecule has 0 saturated heterocycles. The van der Waals surface area contributed by atoms with Crippen molar-refractivity contribution in [3.05, 3.63) is 87.8 Å². The summed E-state index contributed by atoms with van der Waals surface area (Å²) in [5, 5.41) is 4.95. The highest BCUT2D eigenvalue weighted by Gasteiger charge is 2.32. The van der Waals surface area contributed by atoms with E-state index in [9.17, 15) is 4.79 Å². The Morgan fingerprint density at radius 3 is 2.79 bits per heavy atom. The van der Waals surface area contributed by atoms with Gasteiger partial charge in [-0.2, -0.15) is 5.10 Å². The SMILES string of the molecule is CCC(=O)CCN1CCc2cc(OC)c(OCCc3ccc4ncnn4c3)cc2C1c1ccc(C)cc1Cl. The lowest BCUT2D eigenvalue weighted by Gasteiger charge is -2.38. The van der Waals surface area contributed by atoms with Crippen molar-refractivity contribution < 1.29 is 14.3 Å². The Kier molecular flexibility index (Phi) is 7.95. The molecule has 1 aliphatic heterocycles. The Bertz CT molecular complexity index is 1450. The van der Waals surface area contributed by atoms with Crippen molar-refractivity contribution in [1.29, 1.82) is 0 Å². The molecule has 0 radical (unpaired) electrons. The van der Waals surface area contributed by atoms with Crippen LogP contribution in [0.25, 0.3) is 5.65 Å². The third-order valence-corrected chi connectivity index (χ3v) is 7.59. The number of aromatic nitrogens is 3. The van der Waals surface area contributed by atoms with Crippen molar-refractivity contribution in [2.45, 2.75) is 45.6 Å². The summed E-state index contributed by atoms with van der Waals surface area (Å²) in [6.07, 6.45) is 6.19. The van der Waals surface area contributed by atoms with Crippen molar-refractivity contribution in [2.24, 2.45) is 0 Å². The van der Waals surface area contributed by atoms with Gasteiger partial charge in [0.15, 0.2) is 17.1 Å². The van der Waals surface area contributed by atoms with Gasteiger partial charge in [0, 0.05) is 43.6 Å². The first-order valence-electron chi connectivity index (χ1n) is 13.1. The van der Waals surface area contributed by atoms with Gasteiger partial charge in [0.1, 0.15) is 12.1 Å². The van der Waals surface area contributed by atoms with Gasteiger partial charge in [0.2, 0.25) is 0 Å². The molecule has 5 rings (SSSR count). The first-order valence-corrected chi connectivity index (χ1v) is 13.5. The second kappa shape index (κ2) is 11.5. The Balaban J connectivity index is 1.44. The number of pyridine rings is 1. The molecule has 0 N–H and O–H groups in total. The van der Waals surface area contributed by atoms with Crippen LogP contribution in [-0.4, -0.2) is 52.1 Å². The molecule has 0 spiro atoms. The number of carbonyl (C=O) groups is 1. The Morgan fingerprint density at radius 2 is 2.00 bits per heavy atom. The van der Waals surface area contributed by atoms with Crippen LogP contribution in [0.2, 0.25) is 5.02 Å². The zero-order valence-corrected chi connectivity index (χ0v) is 22.9. The first kappa shape index (κ1) is 26.2. The maximum atomic E-state index is 12.2. The van der Waals surface area contributed by atoms with Gasteiger partial charge >= 0.3 is 0 Å². The van der Waals surface area contributed by atoms with Crippen molar-refractivity contribution in [1.82, 2.24) is 19.5 Å². The minimum atomic E-state index is -0.0699. The molecule has 4 aromatic rings. The van der Waals surface area contributed by atoms with Crippen LogP contribution in [0.3, 0.4) is 0 Å². The van der Waals surface area contributed by atoms with Gasteiger partial charge in [-0.15, -0.1) is 0 Å². The van der Waals surface area contributed by atoms with E-state index >= 15 is 0 Å². The Hall–Kier alpha value is -3.42. The van der Waals surface area contributed by atoms with E-state index in [0.29, 0.717) is 38.2 Å². The average Bonchev–Trinajstić information content (AvgIpc) is 3.39. The molecule has 1 aliphatic rings. The molecule has 0 bridgehead atoms. The number of hydrogen-bond acceptors (Lipinski definition) is 6. The number of Topliss-reactive ketones (excluding diaryl/α,β-unsaturated/α-hetero) is 1. The zero-order chi connectivity index (χ0) is 26.6. The number of rotatable bonds is 10. The van der Waals surface area contributed by atoms with Gasteiger partial charge in [-0.3, -0.25) is 9.69 Å². The van der Waals surface area contributed by atoms with Crippen molar-refractivity contribution in [3.63, 3.8) is 0 Å². The summed E-state index contributed by atoms with van der Waals surface area (Å²) in [5.74, 6) is 1.69. The average molecular weight is 533 g/mol. The summed E-state index contributed by atoms with van der Waals surface area (Å²) in [6, 6.07) is 14.3. The van der Waals surface area contributed by atoms with E-state index in [0.717, 1.165) is 51.6 Å². The molecule has 0 amide bonds. The second-order valence-corrected chi connectivity index (χ2v) is 10.2. The predicted molar refractivity (Wildman–Crippen MR) is 148 cm³/mol. The highest BCUT2D eigenvalue weighted by atomic mass is 35.5. The minimum Gasteiger partial charge on any atom is -0.493 e. The van der Waals surface area contributed by atoms with Crippen LogP contribution in [-0.2, 0) is 17.6 Å². The number of benzene rings is 2. The number of aryl methyl sites for hydroxylation is 1. The fourth-order valence-corrected chi connectivity index (χ4v) is 5.48. The Morgan fingerprint density at radius 1 is 1.13 bits per heavy atom. The van der Waals surface area contributed by atoms with E-state index in [4.69, 9.17) is 21.1 Å². The number of ether oxygens (including phenoxy) is 2. The van der Waals surface area contributed by atoms with Crippen LogP contribution in [0.4, 0.5) is 0 Å². The molecule has 2 aromatic heterocycles. The molecule has 1 atom stereocenters. The van der Waals surface area contributed by atoms with Crippen molar-refractivity contribution >= 4 is 23.0 Å². The molecule has 7 nitrogen and oxygen atoms in total. The largest absolute Gasteiger partial charge is 0.493 e. The summed E-state index contributed by atoms with van der Waals surface area (Å²) >= 11 is 6.81. The van der Waals surface area contributed by atoms with Crippen LogP contribution >= 0.6 is 11.6 Å². The summed E-state index contributed by atoms with van der Waals surface area (Å²) in [5.41, 5.74) is 6.44. The molecule has 38 heavy (non-hydrogen) atoms. The molecule has 0 aliphatic carbocycles. The van der Waals surface area contributed by atoms with Crippen LogP contribution in [0.5, 0.6) is 11.5 Å². The topological polar surface area (TPSA) is 69.0 Å². The van der Waals surface area contributed by atoms with Crippen molar-refractivity contribution in [2.75, 3.05) is 26.8 Å². The van der Waals surface area contributed by atoms with E-state index < -0.39 is 0 Å². The predicted octanol–water partition coefficient (Wildman–Crippen LogP) is 5.64. The lowest BCUT2D eigenvalue weighted by molar-refractivity contribution is -0.119. The van der Waals surface area contributed by atoms with Crippen LogP contribution in [0, 0.1) is 6.92 Å². The quantitative estimate of drug-likeness (QED) is 0.263. The third-order valence-electron chi connectivity index (χ3n) is 7.26. The van der Waals surface area contributed by atoms with Crippen LogP contribution in [0.15, 0.2) is 55.0 Å². The summed E-state index contributed by atoms with van der Waals surface area (Å²) in [7, 11) is 1.67. The molecule has 1 unspecified atom stereocenters. The fraction of sp³-hybridized carbons (Fsp3) is 0.367. The summed E-state index contributed by atoms with van der Waals surface area (Å²) in [4.78, 5) is 18.8. The highest BCUT2D eigenvalue weighted by Crippen LogP contribution is 2.43. The van der Waals surface area contributed by atoms with Crippen LogP contribution in [0.1, 0.15) is 53.6 Å². The van der Waals surface area contributed by atoms with Gasteiger partial charge in [-0.05, 0) is 65.4 Å². The number of fused-ring (bicyclic) bond motifs is 2. The van der Waals surface area contributed by atoms with Crippen molar-refractivity contribution in [3.8, 4) is 11.5 Å². The molecule has 2 aromatic carbocycles. The van der Waals surface area contributed by atoms with E-state index in [2.05, 4.69) is 39.2 Å². The normalized spacial score (nSPS) is 15.4. The molecule has 0 saturated carbocycles. The maximum absolute atomic E-state index is 12.2. The molecule has 0 fully saturated rings. The molecule has 8 heteroatoms. The van der Waals surface area contributed by atoms with Gasteiger partial charge in [0.25, 0.3) is 0 Å². The lowest BCUT2D eigenvalue weighted by Crippen LogP contribution is -2.37. The molecule has 3 heterocycles. The zero-order valence-electron chi connectivity index (χ0n) is 22.1. The van der Waals surface area contributed by atoms with E-state index in [1.165, 1.54) is 5.56 Å². The minimum absolute atomic E-state index is 0.0699. The fourth-order valence-electron chi connectivity index (χ4n) is 5.14. The maximum Gasteiger partial charge on any atom is 0.161 e. The number of ketones is 1. The number of carbonyl (C=O) groups excluding carboxylic acids is 1. The van der Waals surface area contributed by atoms with Gasteiger partial charge < -0.3 is 9.47 Å². The smallest absolute Gasteiger partial charge is 0.161 e. The van der Waals surface area contributed by atoms with E-state index in [-0.39, 0.29) is 11.8 Å². The second-order valence-electron chi connectivity index (χ2n) is 9.76. The number of nitrogens with zero attached hydrogens (tertiary/aromatic N) is 4. The number of hydrogen-bond donors (Lipinski definition) is 0.